The molecule has 0 saturated carbocycles. The van der Waals surface area contributed by atoms with Crippen LogP contribution < -0.4 is 0 Å². The molecule has 2 nitrogen and oxygen atoms in total. The lowest BCUT2D eigenvalue weighted by Crippen LogP contribution is -2.00. The number of fused-ring (bicyclic) bond motifs is 6. The molecule has 258 valence electrons. The molecule has 0 aliphatic carbocycles. The van der Waals surface area contributed by atoms with Gasteiger partial charge in [-0.05, 0) is 118 Å². The molecule has 0 saturated heterocycles. The van der Waals surface area contributed by atoms with E-state index in [0.29, 0.717) is 27.8 Å². The molecule has 0 unspecified atom stereocenters. The Hall–Kier alpha value is -6.92. The average molecular weight is 709 g/mol. The molecule has 10 aromatic rings. The van der Waals surface area contributed by atoms with Gasteiger partial charge in [-0.2, -0.15) is 0 Å². The van der Waals surface area contributed by atoms with Gasteiger partial charge in [0.2, 0.25) is 0 Å². The zero-order valence-electron chi connectivity index (χ0n) is 28.6. The first-order valence-electron chi connectivity index (χ1n) is 17.6. The second kappa shape index (κ2) is 12.3. The van der Waals surface area contributed by atoms with Crippen molar-refractivity contribution in [1.82, 2.24) is 9.13 Å². The van der Waals surface area contributed by atoms with E-state index in [1.807, 2.05) is 60.7 Å². The molecule has 2 heterocycles. The van der Waals surface area contributed by atoms with Crippen LogP contribution in [0.5, 0.6) is 0 Å². The third-order valence-corrected chi connectivity index (χ3v) is 10.2. The smallest absolute Gasteiger partial charge is 0.126 e. The molecular weight excluding hydrogens is 681 g/mol. The number of aromatic nitrogens is 2. The number of halogens is 4. The van der Waals surface area contributed by atoms with E-state index < -0.39 is 23.3 Å². The fourth-order valence-electron chi connectivity index (χ4n) is 7.99. The molecule has 0 aliphatic rings. The van der Waals surface area contributed by atoms with E-state index in [9.17, 15) is 17.6 Å². The molecule has 10 rings (SSSR count). The first-order chi connectivity index (χ1) is 26.4. The molecule has 0 atom stereocenters. The standard InChI is InChI=1S/C48H28F4N2/c49-35-20-32(21-36(50)26-35)29-17-30(33-22-37(51)27-38(52)23-33)19-31(18-29)34-24-39(53-45-13-5-1-9-41(45)42-10-2-6-14-46(42)53)28-40(25-34)54-47-15-7-3-11-43(47)44-12-4-8-16-48(44)54/h1-28H. The van der Waals surface area contributed by atoms with Crippen LogP contribution in [0, 0.1) is 23.3 Å². The number of rotatable bonds is 5. The van der Waals surface area contributed by atoms with Crippen LogP contribution in [0.25, 0.3) is 88.4 Å². The zero-order valence-corrected chi connectivity index (χ0v) is 28.6. The number of hydrogen-bond acceptors (Lipinski definition) is 0. The van der Waals surface area contributed by atoms with Crippen LogP contribution >= 0.6 is 0 Å². The van der Waals surface area contributed by atoms with Gasteiger partial charge in [-0.15, -0.1) is 0 Å². The lowest BCUT2D eigenvalue weighted by Gasteiger charge is -2.17. The van der Waals surface area contributed by atoms with Crippen LogP contribution in [-0.2, 0) is 0 Å². The van der Waals surface area contributed by atoms with E-state index in [1.165, 1.54) is 24.3 Å². The van der Waals surface area contributed by atoms with Crippen molar-refractivity contribution in [2.24, 2.45) is 0 Å². The minimum Gasteiger partial charge on any atom is -0.309 e. The van der Waals surface area contributed by atoms with Gasteiger partial charge in [-0.1, -0.05) is 72.8 Å². The largest absolute Gasteiger partial charge is 0.309 e. The quantitative estimate of drug-likeness (QED) is 0.158. The molecule has 54 heavy (non-hydrogen) atoms. The van der Waals surface area contributed by atoms with Crippen molar-refractivity contribution in [2.75, 3.05) is 0 Å². The van der Waals surface area contributed by atoms with Crippen molar-refractivity contribution in [3.05, 3.63) is 193 Å². The molecule has 0 aliphatic heterocycles. The number of hydrogen-bond donors (Lipinski definition) is 0. The Balaban J connectivity index is 1.31. The van der Waals surface area contributed by atoms with Crippen molar-refractivity contribution in [3.63, 3.8) is 0 Å². The highest BCUT2D eigenvalue weighted by atomic mass is 19.1. The lowest BCUT2D eigenvalue weighted by molar-refractivity contribution is 0.583. The van der Waals surface area contributed by atoms with Gasteiger partial charge in [-0.3, -0.25) is 0 Å². The van der Waals surface area contributed by atoms with Crippen molar-refractivity contribution in [3.8, 4) is 44.8 Å². The fourth-order valence-corrected chi connectivity index (χ4v) is 7.99. The van der Waals surface area contributed by atoms with Gasteiger partial charge in [0.15, 0.2) is 0 Å². The van der Waals surface area contributed by atoms with Gasteiger partial charge in [-0.25, -0.2) is 17.6 Å². The predicted octanol–water partition coefficient (Wildman–Crippen LogP) is 13.4. The summed E-state index contributed by atoms with van der Waals surface area (Å²) in [7, 11) is 0. The Morgan fingerprint density at radius 2 is 0.519 bits per heavy atom. The second-order valence-corrected chi connectivity index (χ2v) is 13.6. The van der Waals surface area contributed by atoms with Crippen LogP contribution in [0.1, 0.15) is 0 Å². The summed E-state index contributed by atoms with van der Waals surface area (Å²) in [5.41, 5.74) is 8.98. The van der Waals surface area contributed by atoms with Crippen molar-refractivity contribution < 1.29 is 17.6 Å². The number of nitrogens with zero attached hydrogens (tertiary/aromatic N) is 2. The molecule has 6 heteroatoms. The minimum absolute atomic E-state index is 0.300. The third-order valence-electron chi connectivity index (χ3n) is 10.2. The van der Waals surface area contributed by atoms with Gasteiger partial charge in [0.1, 0.15) is 23.3 Å². The maximum absolute atomic E-state index is 14.7. The third kappa shape index (κ3) is 5.26. The summed E-state index contributed by atoms with van der Waals surface area (Å²) in [4.78, 5) is 0. The average Bonchev–Trinajstić information content (AvgIpc) is 3.70. The lowest BCUT2D eigenvalue weighted by atomic mass is 9.92. The van der Waals surface area contributed by atoms with E-state index in [1.54, 1.807) is 6.07 Å². The summed E-state index contributed by atoms with van der Waals surface area (Å²) < 4.78 is 63.1. The molecular formula is C48H28F4N2. The van der Waals surface area contributed by atoms with Gasteiger partial charge in [0.25, 0.3) is 0 Å². The maximum Gasteiger partial charge on any atom is 0.126 e. The monoisotopic (exact) mass is 708 g/mol. The maximum atomic E-state index is 14.7. The summed E-state index contributed by atoms with van der Waals surface area (Å²) in [6.07, 6.45) is 0. The van der Waals surface area contributed by atoms with Crippen LogP contribution in [0.15, 0.2) is 170 Å². The Morgan fingerprint density at radius 3 is 0.833 bits per heavy atom. The summed E-state index contributed by atoms with van der Waals surface area (Å²) in [5.74, 6) is -2.90. The van der Waals surface area contributed by atoms with E-state index in [0.717, 1.165) is 72.7 Å². The Morgan fingerprint density at radius 1 is 0.259 bits per heavy atom. The highest BCUT2D eigenvalue weighted by Crippen LogP contribution is 2.40. The fraction of sp³-hybridized carbons (Fsp3) is 0. The SMILES string of the molecule is Fc1cc(F)cc(-c2cc(-c3cc(F)cc(F)c3)cc(-c3cc(-n4c5ccccc5c5ccccc54)cc(-n4c5ccccc5c5ccccc54)c3)c2)c1. The zero-order chi connectivity index (χ0) is 36.5. The number of para-hydroxylation sites is 4. The summed E-state index contributed by atoms with van der Waals surface area (Å²) in [5, 5.41) is 4.45. The predicted molar refractivity (Wildman–Crippen MR) is 211 cm³/mol. The molecule has 2 aromatic heterocycles. The van der Waals surface area contributed by atoms with Gasteiger partial charge in [0, 0.05) is 45.1 Å². The van der Waals surface area contributed by atoms with Gasteiger partial charge >= 0.3 is 0 Å². The molecule has 0 N–H and O–H groups in total. The topological polar surface area (TPSA) is 9.86 Å². The van der Waals surface area contributed by atoms with Crippen molar-refractivity contribution in [1.29, 1.82) is 0 Å². The Bertz CT molecular complexity index is 2770. The van der Waals surface area contributed by atoms with E-state index in [-0.39, 0.29) is 0 Å². The van der Waals surface area contributed by atoms with Crippen LogP contribution in [0.3, 0.4) is 0 Å². The van der Waals surface area contributed by atoms with Crippen molar-refractivity contribution in [2.45, 2.75) is 0 Å². The first-order valence-corrected chi connectivity index (χ1v) is 17.6. The molecule has 0 spiro atoms. The van der Waals surface area contributed by atoms with Crippen LogP contribution in [0.4, 0.5) is 17.6 Å². The number of benzene rings is 8. The van der Waals surface area contributed by atoms with E-state index >= 15 is 0 Å². The van der Waals surface area contributed by atoms with Gasteiger partial charge in [0.05, 0.1) is 22.1 Å². The minimum atomic E-state index is -0.726. The molecule has 0 fully saturated rings. The van der Waals surface area contributed by atoms with E-state index in [2.05, 4.69) is 75.9 Å². The van der Waals surface area contributed by atoms with E-state index in [4.69, 9.17) is 0 Å². The highest BCUT2D eigenvalue weighted by Gasteiger charge is 2.18. The van der Waals surface area contributed by atoms with Gasteiger partial charge < -0.3 is 9.13 Å². The first kappa shape index (κ1) is 31.8. The molecule has 8 aromatic carbocycles. The molecule has 0 bridgehead atoms. The van der Waals surface area contributed by atoms with Crippen LogP contribution in [-0.4, -0.2) is 9.13 Å². The molecule has 0 radical (unpaired) electrons. The Kier molecular flexibility index (Phi) is 7.27. The van der Waals surface area contributed by atoms with Crippen LogP contribution in [0.2, 0.25) is 0 Å². The summed E-state index contributed by atoms with van der Waals surface area (Å²) in [6.45, 7) is 0. The highest BCUT2D eigenvalue weighted by molar-refractivity contribution is 6.10. The summed E-state index contributed by atoms with van der Waals surface area (Å²) in [6, 6.07) is 51.7. The summed E-state index contributed by atoms with van der Waals surface area (Å²) >= 11 is 0. The Labute approximate surface area is 307 Å². The second-order valence-electron chi connectivity index (χ2n) is 13.6. The molecule has 0 amide bonds. The van der Waals surface area contributed by atoms with Crippen molar-refractivity contribution >= 4 is 43.6 Å². The normalized spacial score (nSPS) is 11.7.